The maximum atomic E-state index is 14.3. The Morgan fingerprint density at radius 2 is 1.97 bits per heavy atom. The van der Waals surface area contributed by atoms with Crippen molar-refractivity contribution in [2.75, 3.05) is 5.32 Å². The van der Waals surface area contributed by atoms with Crippen molar-refractivity contribution in [3.63, 3.8) is 0 Å². The van der Waals surface area contributed by atoms with E-state index >= 15 is 0 Å². The van der Waals surface area contributed by atoms with E-state index in [1.807, 2.05) is 10.8 Å². The van der Waals surface area contributed by atoms with E-state index in [4.69, 9.17) is 11.6 Å². The van der Waals surface area contributed by atoms with Crippen molar-refractivity contribution in [3.8, 4) is 22.6 Å². The second kappa shape index (κ2) is 7.54. The maximum Gasteiger partial charge on any atom is 0.365 e. The van der Waals surface area contributed by atoms with Gasteiger partial charge in [0.1, 0.15) is 11.6 Å². The van der Waals surface area contributed by atoms with Crippen LogP contribution in [-0.4, -0.2) is 40.5 Å². The lowest BCUT2D eigenvalue weighted by Gasteiger charge is -2.19. The van der Waals surface area contributed by atoms with E-state index in [1.165, 1.54) is 6.20 Å². The Kier molecular flexibility index (Phi) is 4.76. The van der Waals surface area contributed by atoms with E-state index in [-0.39, 0.29) is 17.8 Å². The number of hydrogen-bond donors (Lipinski definition) is 1. The number of aromatic nitrogens is 7. The second-order valence-corrected chi connectivity index (χ2v) is 9.52. The molecule has 1 N–H and O–H groups in total. The van der Waals surface area contributed by atoms with Gasteiger partial charge in [0.05, 0.1) is 16.9 Å². The fraction of sp³-hybridized carbons (Fsp3) is 0.364. The molecule has 13 heteroatoms. The molecule has 6 rings (SSSR count). The first-order valence-electron chi connectivity index (χ1n) is 10.9. The van der Waals surface area contributed by atoms with Gasteiger partial charge in [0.2, 0.25) is 5.82 Å². The first-order chi connectivity index (χ1) is 16.7. The summed E-state index contributed by atoms with van der Waals surface area (Å²) < 4.78 is 59.7. The highest BCUT2D eigenvalue weighted by Gasteiger charge is 2.52. The number of nitrogens with zero attached hydrogens (tertiary/aromatic N) is 7. The highest BCUT2D eigenvalue weighted by molar-refractivity contribution is 6.33. The van der Waals surface area contributed by atoms with Crippen LogP contribution in [0.4, 0.5) is 29.2 Å². The number of hydrogen-bond acceptors (Lipinski definition) is 5. The van der Waals surface area contributed by atoms with Gasteiger partial charge < -0.3 is 14.5 Å². The van der Waals surface area contributed by atoms with Crippen LogP contribution in [0, 0.1) is 5.41 Å². The zero-order valence-electron chi connectivity index (χ0n) is 18.4. The number of rotatable bonds is 5. The van der Waals surface area contributed by atoms with Gasteiger partial charge in [-0.15, -0.1) is 10.2 Å². The lowest BCUT2D eigenvalue weighted by molar-refractivity contribution is -0.143. The van der Waals surface area contributed by atoms with Gasteiger partial charge in [0.25, 0.3) is 0 Å². The third-order valence-electron chi connectivity index (χ3n) is 6.65. The Morgan fingerprint density at radius 3 is 2.66 bits per heavy atom. The quantitative estimate of drug-likeness (QED) is 0.381. The van der Waals surface area contributed by atoms with Gasteiger partial charge in [-0.2, -0.15) is 13.9 Å². The minimum atomic E-state index is -4.40. The molecule has 0 bridgehead atoms. The molecule has 0 saturated heterocycles. The molecule has 0 unspecified atom stereocenters. The van der Waals surface area contributed by atoms with Crippen LogP contribution in [0.15, 0.2) is 36.8 Å². The summed E-state index contributed by atoms with van der Waals surface area (Å²) in [6.07, 6.45) is 2.76. The third kappa shape index (κ3) is 3.58. The summed E-state index contributed by atoms with van der Waals surface area (Å²) in [6, 6.07) is 5.34. The van der Waals surface area contributed by atoms with Crippen molar-refractivity contribution in [2.45, 2.75) is 38.3 Å². The Balaban J connectivity index is 1.44. The fourth-order valence-corrected chi connectivity index (χ4v) is 4.77. The fourth-order valence-electron chi connectivity index (χ4n) is 4.56. The molecule has 0 atom stereocenters. The average Bonchev–Trinajstić information content (AvgIpc) is 3.09. The minimum absolute atomic E-state index is 0.133. The van der Waals surface area contributed by atoms with Gasteiger partial charge >= 0.3 is 12.3 Å². The van der Waals surface area contributed by atoms with E-state index in [0.717, 1.165) is 28.8 Å². The molecule has 182 valence electrons. The second-order valence-electron chi connectivity index (χ2n) is 9.11. The molecular formula is C22H19ClF4N8. The summed E-state index contributed by atoms with van der Waals surface area (Å²) in [6.45, 7) is 0.715. The summed E-state index contributed by atoms with van der Waals surface area (Å²) in [5.74, 6) is -4.00. The van der Waals surface area contributed by atoms with Gasteiger partial charge in [0, 0.05) is 55.1 Å². The smallest absolute Gasteiger partial charge is 0.344 e. The number of halogens is 5. The lowest BCUT2D eigenvalue weighted by atomic mass is 10.1. The van der Waals surface area contributed by atoms with Crippen LogP contribution in [0.25, 0.3) is 22.6 Å². The van der Waals surface area contributed by atoms with Crippen molar-refractivity contribution in [3.05, 3.63) is 47.6 Å². The molecule has 2 aliphatic rings. The minimum Gasteiger partial charge on any atom is -0.344 e. The molecular weight excluding hydrogens is 488 g/mol. The van der Waals surface area contributed by atoms with E-state index in [1.54, 1.807) is 36.1 Å². The first-order valence-corrected chi connectivity index (χ1v) is 11.3. The van der Waals surface area contributed by atoms with Crippen LogP contribution < -0.4 is 5.32 Å². The molecule has 4 aromatic rings. The van der Waals surface area contributed by atoms with Crippen molar-refractivity contribution in [2.24, 2.45) is 12.5 Å². The van der Waals surface area contributed by atoms with Crippen molar-refractivity contribution >= 4 is 23.2 Å². The van der Waals surface area contributed by atoms with E-state index in [2.05, 4.69) is 25.6 Å². The number of fused-ring (bicyclic) bond motifs is 3. The highest BCUT2D eigenvalue weighted by atomic mass is 35.5. The van der Waals surface area contributed by atoms with E-state index in [9.17, 15) is 17.6 Å². The lowest BCUT2D eigenvalue weighted by Crippen LogP contribution is -2.29. The summed E-state index contributed by atoms with van der Waals surface area (Å²) in [5.41, 5.74) is 1.59. The predicted octanol–water partition coefficient (Wildman–Crippen LogP) is 5.09. The van der Waals surface area contributed by atoms with Crippen molar-refractivity contribution in [1.82, 2.24) is 34.1 Å². The number of nitrogens with one attached hydrogen (secondary N) is 1. The van der Waals surface area contributed by atoms with Crippen molar-refractivity contribution < 1.29 is 17.6 Å². The monoisotopic (exact) mass is 506 g/mol. The molecule has 8 nitrogen and oxygen atoms in total. The van der Waals surface area contributed by atoms with Gasteiger partial charge in [-0.05, 0) is 25.0 Å². The van der Waals surface area contributed by atoms with Gasteiger partial charge in [0.15, 0.2) is 5.82 Å². The summed E-state index contributed by atoms with van der Waals surface area (Å²) in [4.78, 5) is 4.32. The van der Waals surface area contributed by atoms with Crippen molar-refractivity contribution in [1.29, 1.82) is 0 Å². The average molecular weight is 507 g/mol. The molecule has 4 aromatic heterocycles. The summed E-state index contributed by atoms with van der Waals surface area (Å²) in [5, 5.41) is 15.1. The van der Waals surface area contributed by atoms with Gasteiger partial charge in [-0.3, -0.25) is 4.68 Å². The molecule has 35 heavy (non-hydrogen) atoms. The molecule has 1 fully saturated rings. The molecule has 1 saturated carbocycles. The number of aryl methyl sites for hydroxylation is 1. The molecule has 1 aliphatic carbocycles. The van der Waals surface area contributed by atoms with Crippen LogP contribution in [-0.2, 0) is 26.1 Å². The first kappa shape index (κ1) is 22.1. The maximum absolute atomic E-state index is 14.3. The highest BCUT2D eigenvalue weighted by Crippen LogP contribution is 2.52. The largest absolute Gasteiger partial charge is 0.365 e. The SMILES string of the molecule is Cn1nccc1Nc1cc(-c2cc3n(c2)CC2(CC2)Cn2c-3nnc2C(F)(F)C(F)F)c(Cl)cn1. The van der Waals surface area contributed by atoms with Gasteiger partial charge in [-0.25, -0.2) is 13.8 Å². The molecule has 0 amide bonds. The van der Waals surface area contributed by atoms with Crippen LogP contribution in [0.1, 0.15) is 18.7 Å². The van der Waals surface area contributed by atoms with Crippen LogP contribution >= 0.6 is 11.6 Å². The number of pyridine rings is 1. The Labute approximate surface area is 201 Å². The van der Waals surface area contributed by atoms with Gasteiger partial charge in [-0.1, -0.05) is 11.6 Å². The zero-order chi connectivity index (χ0) is 24.5. The standard InChI is InChI=1S/C22H19ClF4N8/c1-33-17(2-5-29-33)30-16-7-13(14(23)8-28-16)12-6-15-18-31-32-20(22(26,27)19(24)25)35(18)11-21(3-4-21)10-34(15)9-12/h2,5-9,19H,3-4,10-11H2,1H3,(H,28,30). The molecule has 0 radical (unpaired) electrons. The summed E-state index contributed by atoms with van der Waals surface area (Å²) >= 11 is 6.47. The topological polar surface area (TPSA) is 78.4 Å². The zero-order valence-corrected chi connectivity index (χ0v) is 19.1. The number of alkyl halides is 4. The van der Waals surface area contributed by atoms with Crippen LogP contribution in [0.3, 0.4) is 0 Å². The van der Waals surface area contributed by atoms with E-state index < -0.39 is 18.2 Å². The molecule has 1 aliphatic heterocycles. The number of anilines is 2. The normalized spacial score (nSPS) is 16.3. The Hall–Kier alpha value is -3.41. The Bertz CT molecular complexity index is 1440. The van der Waals surface area contributed by atoms with Crippen LogP contribution in [0.5, 0.6) is 0 Å². The van der Waals surface area contributed by atoms with Crippen LogP contribution in [0.2, 0.25) is 5.02 Å². The molecule has 0 aromatic carbocycles. The Morgan fingerprint density at radius 1 is 1.17 bits per heavy atom. The molecule has 5 heterocycles. The molecule has 1 spiro atoms. The summed E-state index contributed by atoms with van der Waals surface area (Å²) in [7, 11) is 1.79. The third-order valence-corrected chi connectivity index (χ3v) is 6.95. The predicted molar refractivity (Wildman–Crippen MR) is 120 cm³/mol. The van der Waals surface area contributed by atoms with E-state index in [0.29, 0.717) is 28.6 Å².